The Morgan fingerprint density at radius 1 is 1.22 bits per heavy atom. The van der Waals surface area contributed by atoms with Gasteiger partial charge in [-0.15, -0.1) is 5.10 Å². The lowest BCUT2D eigenvalue weighted by atomic mass is 9.93. The Morgan fingerprint density at radius 3 is 2.74 bits per heavy atom. The highest BCUT2D eigenvalue weighted by atomic mass is 16.4. The first-order chi connectivity index (χ1) is 13.1. The van der Waals surface area contributed by atoms with Crippen molar-refractivity contribution in [3.63, 3.8) is 0 Å². The molecule has 2 saturated carbocycles. The number of hydrogen-bond donors (Lipinski definition) is 1. The molecule has 7 heteroatoms. The van der Waals surface area contributed by atoms with E-state index in [1.54, 1.807) is 0 Å². The maximum Gasteiger partial charge on any atom is 0.316 e. The predicted octanol–water partition coefficient (Wildman–Crippen LogP) is 2.94. The molecule has 142 valence electrons. The zero-order chi connectivity index (χ0) is 18.4. The van der Waals surface area contributed by atoms with Crippen LogP contribution in [0.15, 0.2) is 28.8 Å². The number of amides is 1. The fraction of sp³-hybridized carbons (Fsp3) is 0.600. The van der Waals surface area contributed by atoms with Crippen LogP contribution in [0.1, 0.15) is 62.4 Å². The lowest BCUT2D eigenvalue weighted by Gasteiger charge is -2.33. The average molecular weight is 367 g/mol. The molecule has 3 fully saturated rings. The minimum Gasteiger partial charge on any atom is -0.408 e. The molecule has 5 rings (SSSR count). The second-order valence-electron chi connectivity index (χ2n) is 8.34. The number of hydrogen-bond acceptors (Lipinski definition) is 6. The van der Waals surface area contributed by atoms with Gasteiger partial charge in [0.25, 0.3) is 0 Å². The first kappa shape index (κ1) is 16.7. The van der Waals surface area contributed by atoms with E-state index >= 15 is 0 Å². The fourth-order valence-electron chi connectivity index (χ4n) is 4.23. The van der Waals surface area contributed by atoms with Gasteiger partial charge in [0.2, 0.25) is 11.8 Å². The highest BCUT2D eigenvalue weighted by Crippen LogP contribution is 2.54. The Kier molecular flexibility index (Phi) is 3.91. The number of anilines is 1. The number of carbonyl (C=O) groups is 1. The third-order valence-electron chi connectivity index (χ3n) is 6.42. The lowest BCUT2D eigenvalue weighted by Crippen LogP contribution is -2.45. The van der Waals surface area contributed by atoms with Crippen LogP contribution in [0.2, 0.25) is 0 Å². The number of carbonyl (C=O) groups excluding carboxylic acids is 1. The molecule has 2 aliphatic carbocycles. The third-order valence-corrected chi connectivity index (χ3v) is 6.42. The molecule has 0 bridgehead atoms. The number of nitrogens with zero attached hydrogens (tertiary/aromatic N) is 4. The van der Waals surface area contributed by atoms with Gasteiger partial charge < -0.3 is 14.6 Å². The highest BCUT2D eigenvalue weighted by molar-refractivity contribution is 5.83. The fourth-order valence-corrected chi connectivity index (χ4v) is 4.23. The standard InChI is InChI=1S/C20H25N5O2/c1-13(18(26)25-10-7-20(5-6-20)8-11-25)22-19-24-23-17(27-19)15-12-14(15)16-4-2-3-9-21-16/h2-4,9,13-15H,5-8,10-12H2,1H3,(H,22,24)/t13-,14+,15+/m0/s1. The van der Waals surface area contributed by atoms with Gasteiger partial charge in [-0.1, -0.05) is 11.2 Å². The number of aromatic nitrogens is 3. The van der Waals surface area contributed by atoms with Crippen LogP contribution < -0.4 is 5.32 Å². The van der Waals surface area contributed by atoms with Crippen molar-refractivity contribution in [2.24, 2.45) is 5.41 Å². The molecule has 3 atom stereocenters. The maximum absolute atomic E-state index is 12.7. The highest BCUT2D eigenvalue weighted by Gasteiger charge is 2.46. The molecule has 2 aromatic rings. The predicted molar refractivity (Wildman–Crippen MR) is 99.2 cm³/mol. The normalized spacial score (nSPS) is 26.6. The van der Waals surface area contributed by atoms with Crippen LogP contribution in [0.4, 0.5) is 6.01 Å². The van der Waals surface area contributed by atoms with E-state index in [1.165, 1.54) is 12.8 Å². The molecule has 27 heavy (non-hydrogen) atoms. The Morgan fingerprint density at radius 2 is 2.04 bits per heavy atom. The zero-order valence-corrected chi connectivity index (χ0v) is 15.6. The first-order valence-electron chi connectivity index (χ1n) is 9.93. The van der Waals surface area contributed by atoms with E-state index in [2.05, 4.69) is 20.5 Å². The summed E-state index contributed by atoms with van der Waals surface area (Å²) in [4.78, 5) is 19.1. The summed E-state index contributed by atoms with van der Waals surface area (Å²) in [6, 6.07) is 5.91. The summed E-state index contributed by atoms with van der Waals surface area (Å²) in [5.74, 6) is 1.32. The number of pyridine rings is 1. The molecule has 2 aromatic heterocycles. The largest absolute Gasteiger partial charge is 0.408 e. The van der Waals surface area contributed by atoms with E-state index in [1.807, 2.05) is 36.2 Å². The second-order valence-corrected chi connectivity index (χ2v) is 8.34. The molecule has 3 heterocycles. The SMILES string of the molecule is C[C@H](Nc1nnc([C@@H]2C[C@H]2c2ccccn2)o1)C(=O)N1CCC2(CC1)CC2. The van der Waals surface area contributed by atoms with Gasteiger partial charge in [-0.2, -0.15) is 0 Å². The van der Waals surface area contributed by atoms with Crippen molar-refractivity contribution in [3.05, 3.63) is 36.0 Å². The van der Waals surface area contributed by atoms with Gasteiger partial charge >= 0.3 is 6.01 Å². The van der Waals surface area contributed by atoms with Crippen molar-refractivity contribution >= 4 is 11.9 Å². The first-order valence-corrected chi connectivity index (χ1v) is 9.93. The zero-order valence-electron chi connectivity index (χ0n) is 15.6. The van der Waals surface area contributed by atoms with Crippen LogP contribution in [0.5, 0.6) is 0 Å². The van der Waals surface area contributed by atoms with Crippen LogP contribution >= 0.6 is 0 Å². The molecule has 0 radical (unpaired) electrons. The summed E-state index contributed by atoms with van der Waals surface area (Å²) in [5.41, 5.74) is 1.64. The van der Waals surface area contributed by atoms with E-state index in [9.17, 15) is 4.79 Å². The van der Waals surface area contributed by atoms with Crippen molar-refractivity contribution in [3.8, 4) is 0 Å². The van der Waals surface area contributed by atoms with Gasteiger partial charge in [-0.3, -0.25) is 9.78 Å². The number of likely N-dealkylation sites (tertiary alicyclic amines) is 1. The molecule has 7 nitrogen and oxygen atoms in total. The van der Waals surface area contributed by atoms with Crippen molar-refractivity contribution in [1.29, 1.82) is 0 Å². The van der Waals surface area contributed by atoms with Gasteiger partial charge in [0, 0.05) is 36.8 Å². The van der Waals surface area contributed by atoms with E-state index in [0.717, 1.165) is 38.0 Å². The summed E-state index contributed by atoms with van der Waals surface area (Å²) in [6.07, 6.45) is 7.76. The summed E-state index contributed by atoms with van der Waals surface area (Å²) < 4.78 is 5.78. The average Bonchev–Trinajstić information content (AvgIpc) is 3.61. The number of piperidine rings is 1. The third kappa shape index (κ3) is 3.31. The van der Waals surface area contributed by atoms with E-state index in [-0.39, 0.29) is 17.9 Å². The number of nitrogens with one attached hydrogen (secondary N) is 1. The molecule has 1 spiro atoms. The molecular weight excluding hydrogens is 342 g/mol. The van der Waals surface area contributed by atoms with Gasteiger partial charge in [0.15, 0.2) is 0 Å². The molecule has 3 aliphatic rings. The van der Waals surface area contributed by atoms with Crippen molar-refractivity contribution in [2.75, 3.05) is 18.4 Å². The van der Waals surface area contributed by atoms with Crippen molar-refractivity contribution < 1.29 is 9.21 Å². The monoisotopic (exact) mass is 367 g/mol. The molecule has 1 amide bonds. The van der Waals surface area contributed by atoms with E-state index < -0.39 is 0 Å². The minimum atomic E-state index is -0.364. The summed E-state index contributed by atoms with van der Waals surface area (Å²) in [5, 5.41) is 11.3. The van der Waals surface area contributed by atoms with Gasteiger partial charge in [0.1, 0.15) is 6.04 Å². The van der Waals surface area contributed by atoms with Gasteiger partial charge in [-0.05, 0) is 56.6 Å². The lowest BCUT2D eigenvalue weighted by molar-refractivity contribution is -0.133. The maximum atomic E-state index is 12.7. The van der Waals surface area contributed by atoms with Crippen LogP contribution in [0.3, 0.4) is 0 Å². The Bertz CT molecular complexity index is 822. The molecule has 1 aliphatic heterocycles. The Hall–Kier alpha value is -2.44. The van der Waals surface area contributed by atoms with Crippen molar-refractivity contribution in [2.45, 2.75) is 56.9 Å². The van der Waals surface area contributed by atoms with Crippen LogP contribution in [-0.2, 0) is 4.79 Å². The van der Waals surface area contributed by atoms with E-state index in [0.29, 0.717) is 23.2 Å². The Balaban J connectivity index is 1.17. The van der Waals surface area contributed by atoms with Gasteiger partial charge in [0.05, 0.1) is 0 Å². The van der Waals surface area contributed by atoms with Crippen LogP contribution in [0.25, 0.3) is 0 Å². The molecule has 0 unspecified atom stereocenters. The Labute approximate surface area is 158 Å². The molecule has 0 aromatic carbocycles. The quantitative estimate of drug-likeness (QED) is 0.875. The minimum absolute atomic E-state index is 0.114. The van der Waals surface area contributed by atoms with Crippen LogP contribution in [0, 0.1) is 5.41 Å². The molecule has 1 saturated heterocycles. The summed E-state index contributed by atoms with van der Waals surface area (Å²) >= 11 is 0. The van der Waals surface area contributed by atoms with E-state index in [4.69, 9.17) is 4.42 Å². The summed E-state index contributed by atoms with van der Waals surface area (Å²) in [6.45, 7) is 3.60. The smallest absolute Gasteiger partial charge is 0.316 e. The number of rotatable bonds is 5. The summed E-state index contributed by atoms with van der Waals surface area (Å²) in [7, 11) is 0. The van der Waals surface area contributed by atoms with Crippen LogP contribution in [-0.4, -0.2) is 45.1 Å². The second kappa shape index (κ2) is 6.32. The van der Waals surface area contributed by atoms with Crippen molar-refractivity contribution in [1.82, 2.24) is 20.1 Å². The molecule has 1 N–H and O–H groups in total. The molecular formula is C20H25N5O2. The topological polar surface area (TPSA) is 84.1 Å². The van der Waals surface area contributed by atoms with Gasteiger partial charge in [-0.25, -0.2) is 0 Å².